The molecule has 1 heterocycles. The second-order valence-electron chi connectivity index (χ2n) is 1.51. The van der Waals surface area contributed by atoms with Gasteiger partial charge in [-0.25, -0.2) is 0 Å². The van der Waals surface area contributed by atoms with Crippen LogP contribution in [-0.4, -0.2) is 1.80 Å². The smallest absolute Gasteiger partial charge is 0.355 e. The molecular formula is C5H4I2O2. The number of ether oxygens (including phenoxy) is 2. The second kappa shape index (κ2) is 2.30. The molecule has 1 aliphatic heterocycles. The van der Waals surface area contributed by atoms with Gasteiger partial charge in [-0.05, 0) is 0 Å². The van der Waals surface area contributed by atoms with Gasteiger partial charge in [0.15, 0.2) is 11.5 Å². The van der Waals surface area contributed by atoms with Crippen LogP contribution in [0.2, 0.25) is 0 Å². The van der Waals surface area contributed by atoms with Crippen molar-refractivity contribution < 1.29 is 9.47 Å². The molecule has 0 radical (unpaired) electrons. The molecule has 0 atom stereocenters. The summed E-state index contributed by atoms with van der Waals surface area (Å²) < 4.78 is 9.61. The van der Waals surface area contributed by atoms with Crippen LogP contribution >= 0.6 is 45.2 Å². The minimum atomic E-state index is -0.621. The Bertz CT molecular complexity index is 156. The Morgan fingerprint density at radius 1 is 1.11 bits per heavy atom. The third-order valence-electron chi connectivity index (χ3n) is 0.795. The van der Waals surface area contributed by atoms with E-state index in [9.17, 15) is 0 Å². The molecule has 0 aliphatic carbocycles. The van der Waals surface area contributed by atoms with Gasteiger partial charge in [-0.2, -0.15) is 0 Å². The summed E-state index contributed by atoms with van der Waals surface area (Å²) >= 11 is 4.03. The predicted molar refractivity (Wildman–Crippen MR) is 51.2 cm³/mol. The fourth-order valence-electron chi connectivity index (χ4n) is 0.422. The SMILES string of the molecule is C=C1OC(I)(I)OC1=C. The molecule has 0 amide bonds. The molecular weight excluding hydrogens is 346 g/mol. The zero-order valence-corrected chi connectivity index (χ0v) is 8.80. The molecule has 1 fully saturated rings. The Labute approximate surface area is 80.6 Å². The highest BCUT2D eigenvalue weighted by molar-refractivity contribution is 14.2. The van der Waals surface area contributed by atoms with Crippen molar-refractivity contribution in [1.29, 1.82) is 0 Å². The van der Waals surface area contributed by atoms with E-state index in [2.05, 4.69) is 13.2 Å². The topological polar surface area (TPSA) is 18.5 Å². The molecule has 50 valence electrons. The van der Waals surface area contributed by atoms with E-state index in [1.54, 1.807) is 0 Å². The molecule has 9 heavy (non-hydrogen) atoms. The molecule has 0 aromatic carbocycles. The normalized spacial score (nSPS) is 23.3. The van der Waals surface area contributed by atoms with E-state index in [4.69, 9.17) is 9.47 Å². The molecule has 0 unspecified atom stereocenters. The third-order valence-corrected chi connectivity index (χ3v) is 1.68. The van der Waals surface area contributed by atoms with E-state index in [0.29, 0.717) is 11.5 Å². The maximum Gasteiger partial charge on any atom is 0.355 e. The van der Waals surface area contributed by atoms with E-state index in [1.165, 1.54) is 0 Å². The maximum atomic E-state index is 5.12. The minimum absolute atomic E-state index is 0.513. The highest BCUT2D eigenvalue weighted by atomic mass is 127. The van der Waals surface area contributed by atoms with E-state index in [1.807, 2.05) is 45.2 Å². The van der Waals surface area contributed by atoms with Gasteiger partial charge < -0.3 is 9.47 Å². The first kappa shape index (κ1) is 7.64. The summed E-state index contributed by atoms with van der Waals surface area (Å²) in [5, 5.41) is 0. The molecule has 1 rings (SSSR count). The van der Waals surface area contributed by atoms with Crippen LogP contribution < -0.4 is 0 Å². The van der Waals surface area contributed by atoms with Crippen molar-refractivity contribution in [3.05, 3.63) is 24.7 Å². The highest BCUT2D eigenvalue weighted by Gasteiger charge is 2.35. The van der Waals surface area contributed by atoms with Gasteiger partial charge in [0, 0.05) is 45.2 Å². The van der Waals surface area contributed by atoms with Gasteiger partial charge in [-0.15, -0.1) is 0 Å². The van der Waals surface area contributed by atoms with Crippen molar-refractivity contribution in [3.8, 4) is 0 Å². The first-order valence-corrected chi connectivity index (χ1v) is 4.31. The Morgan fingerprint density at radius 3 is 1.56 bits per heavy atom. The fourth-order valence-corrected chi connectivity index (χ4v) is 1.48. The molecule has 1 saturated heterocycles. The lowest BCUT2D eigenvalue weighted by Gasteiger charge is -2.09. The standard InChI is InChI=1S/C5H4I2O2/c1-3-4(2)9-5(6,7)8-3/h1-2H2. The van der Waals surface area contributed by atoms with Crippen molar-refractivity contribution in [2.24, 2.45) is 0 Å². The maximum absolute atomic E-state index is 5.12. The van der Waals surface area contributed by atoms with Crippen LogP contribution in [0.15, 0.2) is 24.7 Å². The van der Waals surface area contributed by atoms with Gasteiger partial charge in [-0.3, -0.25) is 0 Å². The zero-order valence-electron chi connectivity index (χ0n) is 4.49. The lowest BCUT2D eigenvalue weighted by Crippen LogP contribution is -2.07. The molecule has 4 heteroatoms. The van der Waals surface area contributed by atoms with Crippen LogP contribution in [0.1, 0.15) is 0 Å². The van der Waals surface area contributed by atoms with Crippen LogP contribution in [0.3, 0.4) is 0 Å². The summed E-state index contributed by atoms with van der Waals surface area (Å²) in [6.45, 7) is 7.15. The summed E-state index contributed by atoms with van der Waals surface area (Å²) in [7, 11) is 0. The van der Waals surface area contributed by atoms with Crippen molar-refractivity contribution in [2.75, 3.05) is 0 Å². The molecule has 0 aromatic heterocycles. The summed E-state index contributed by atoms with van der Waals surface area (Å²) in [5.74, 6) is 1.03. The van der Waals surface area contributed by atoms with Crippen LogP contribution in [-0.2, 0) is 9.47 Å². The first-order chi connectivity index (χ1) is 4.01. The first-order valence-electron chi connectivity index (χ1n) is 2.15. The van der Waals surface area contributed by atoms with Crippen LogP contribution in [0.5, 0.6) is 0 Å². The Kier molecular flexibility index (Phi) is 1.95. The number of halogens is 2. The molecule has 1 aliphatic rings. The van der Waals surface area contributed by atoms with Gasteiger partial charge in [0.2, 0.25) is 0 Å². The van der Waals surface area contributed by atoms with Crippen LogP contribution in [0, 0.1) is 0 Å². The Balaban J connectivity index is 2.76. The minimum Gasteiger partial charge on any atom is -0.433 e. The molecule has 0 spiro atoms. The lowest BCUT2D eigenvalue weighted by atomic mass is 10.5. The van der Waals surface area contributed by atoms with E-state index in [-0.39, 0.29) is 0 Å². The van der Waals surface area contributed by atoms with E-state index >= 15 is 0 Å². The quantitative estimate of drug-likeness (QED) is 0.494. The summed E-state index contributed by atoms with van der Waals surface area (Å²) in [5.41, 5.74) is 0. The highest BCUT2D eigenvalue weighted by Crippen LogP contribution is 2.42. The summed E-state index contributed by atoms with van der Waals surface area (Å²) in [6.07, 6.45) is 0. The van der Waals surface area contributed by atoms with Gasteiger partial charge in [-0.1, -0.05) is 13.2 Å². The molecule has 0 N–H and O–H groups in total. The van der Waals surface area contributed by atoms with Crippen molar-refractivity contribution in [2.45, 2.75) is 1.80 Å². The number of hydrogen-bond donors (Lipinski definition) is 0. The second-order valence-corrected chi connectivity index (χ2v) is 6.42. The zero-order chi connectivity index (χ0) is 7.07. The monoisotopic (exact) mass is 350 g/mol. The fraction of sp³-hybridized carbons (Fsp3) is 0.200. The number of alkyl halides is 2. The lowest BCUT2D eigenvalue weighted by molar-refractivity contribution is 0.0621. The molecule has 0 saturated carbocycles. The molecule has 0 aromatic rings. The average molecular weight is 350 g/mol. The number of rotatable bonds is 0. The average Bonchev–Trinajstić information content (AvgIpc) is 1.79. The number of hydrogen-bond acceptors (Lipinski definition) is 2. The summed E-state index contributed by atoms with van der Waals surface area (Å²) in [6, 6.07) is 0. The predicted octanol–water partition coefficient (Wildman–Crippen LogP) is 2.54. The van der Waals surface area contributed by atoms with E-state index < -0.39 is 1.80 Å². The summed E-state index contributed by atoms with van der Waals surface area (Å²) in [4.78, 5) is 0. The van der Waals surface area contributed by atoms with E-state index in [0.717, 1.165) is 0 Å². The van der Waals surface area contributed by atoms with Crippen LogP contribution in [0.25, 0.3) is 0 Å². The van der Waals surface area contributed by atoms with Gasteiger partial charge >= 0.3 is 1.80 Å². The van der Waals surface area contributed by atoms with Gasteiger partial charge in [0.1, 0.15) is 0 Å². The van der Waals surface area contributed by atoms with Gasteiger partial charge in [0.05, 0.1) is 0 Å². The van der Waals surface area contributed by atoms with Gasteiger partial charge in [0.25, 0.3) is 0 Å². The van der Waals surface area contributed by atoms with Crippen molar-refractivity contribution in [1.82, 2.24) is 0 Å². The Morgan fingerprint density at radius 2 is 1.44 bits per heavy atom. The molecule has 2 nitrogen and oxygen atoms in total. The third kappa shape index (κ3) is 1.73. The van der Waals surface area contributed by atoms with Crippen molar-refractivity contribution >= 4 is 45.2 Å². The molecule has 0 bridgehead atoms. The largest absolute Gasteiger partial charge is 0.433 e. The Hall–Kier alpha value is 0.540. The van der Waals surface area contributed by atoms with Crippen LogP contribution in [0.4, 0.5) is 0 Å². The van der Waals surface area contributed by atoms with Crippen molar-refractivity contribution in [3.63, 3.8) is 0 Å².